The summed E-state index contributed by atoms with van der Waals surface area (Å²) in [4.78, 5) is 2.27. The number of hydrogen-bond acceptors (Lipinski definition) is 3. The first-order valence-corrected chi connectivity index (χ1v) is 7.22. The van der Waals surface area contributed by atoms with Crippen LogP contribution < -0.4 is 10.6 Å². The molecule has 0 aliphatic carbocycles. The average molecular weight is 241 g/mol. The molecule has 17 heavy (non-hydrogen) atoms. The number of hydrogen-bond donors (Lipinski definition) is 2. The molecule has 1 fully saturated rings. The molecule has 0 bridgehead atoms. The van der Waals surface area contributed by atoms with Crippen molar-refractivity contribution in [2.24, 2.45) is 0 Å². The Kier molecular flexibility index (Phi) is 7.09. The van der Waals surface area contributed by atoms with Crippen molar-refractivity contribution in [3.05, 3.63) is 0 Å². The maximum Gasteiger partial charge on any atom is 0.0186 e. The van der Waals surface area contributed by atoms with Gasteiger partial charge < -0.3 is 15.5 Å². The molecule has 0 aromatic rings. The molecule has 0 aromatic heterocycles. The van der Waals surface area contributed by atoms with Crippen molar-refractivity contribution < 1.29 is 0 Å². The predicted octanol–water partition coefficient (Wildman–Crippen LogP) is 1.84. The lowest BCUT2D eigenvalue weighted by Crippen LogP contribution is -2.42. The van der Waals surface area contributed by atoms with E-state index < -0.39 is 0 Å². The van der Waals surface area contributed by atoms with Gasteiger partial charge in [0.2, 0.25) is 0 Å². The first kappa shape index (κ1) is 14.9. The van der Waals surface area contributed by atoms with Gasteiger partial charge in [-0.3, -0.25) is 0 Å². The summed E-state index contributed by atoms with van der Waals surface area (Å²) in [5, 5.41) is 7.32. The molecule has 0 aromatic carbocycles. The van der Waals surface area contributed by atoms with Crippen LogP contribution >= 0.6 is 0 Å². The summed E-state index contributed by atoms with van der Waals surface area (Å²) in [6, 6.07) is 1.96. The lowest BCUT2D eigenvalue weighted by atomic mass is 10.0. The Morgan fingerprint density at radius 3 is 2.71 bits per heavy atom. The monoisotopic (exact) mass is 241 g/mol. The van der Waals surface area contributed by atoms with Gasteiger partial charge in [-0.25, -0.2) is 0 Å². The summed E-state index contributed by atoms with van der Waals surface area (Å²) in [5.74, 6) is 0. The van der Waals surface area contributed by atoms with Crippen molar-refractivity contribution in [2.45, 2.75) is 64.1 Å². The molecule has 1 aliphatic rings. The molecular weight excluding hydrogens is 210 g/mol. The SMILES string of the molecule is CC(CC1CCCCCN1)NCC(C)N(C)C. The van der Waals surface area contributed by atoms with Crippen LogP contribution in [0, 0.1) is 0 Å². The third kappa shape index (κ3) is 6.39. The van der Waals surface area contributed by atoms with Crippen molar-refractivity contribution in [2.75, 3.05) is 27.2 Å². The molecule has 1 heterocycles. The van der Waals surface area contributed by atoms with E-state index in [1.54, 1.807) is 0 Å². The Balaban J connectivity index is 2.16. The largest absolute Gasteiger partial charge is 0.314 e. The van der Waals surface area contributed by atoms with E-state index in [2.05, 4.69) is 43.5 Å². The second-order valence-corrected chi connectivity index (χ2v) is 5.86. The fraction of sp³-hybridized carbons (Fsp3) is 1.00. The van der Waals surface area contributed by atoms with E-state index in [0.717, 1.165) is 12.6 Å². The van der Waals surface area contributed by atoms with Gasteiger partial charge in [0.05, 0.1) is 0 Å². The van der Waals surface area contributed by atoms with Gasteiger partial charge in [-0.05, 0) is 53.8 Å². The zero-order valence-corrected chi connectivity index (χ0v) is 12.1. The van der Waals surface area contributed by atoms with Crippen LogP contribution in [0.15, 0.2) is 0 Å². The highest BCUT2D eigenvalue weighted by Crippen LogP contribution is 2.12. The van der Waals surface area contributed by atoms with Gasteiger partial charge in [-0.15, -0.1) is 0 Å². The highest BCUT2D eigenvalue weighted by molar-refractivity contribution is 4.77. The number of nitrogens with zero attached hydrogens (tertiary/aromatic N) is 1. The second kappa shape index (κ2) is 8.06. The minimum Gasteiger partial charge on any atom is -0.314 e. The summed E-state index contributed by atoms with van der Waals surface area (Å²) in [7, 11) is 4.29. The first-order valence-electron chi connectivity index (χ1n) is 7.22. The lowest BCUT2D eigenvalue weighted by molar-refractivity contribution is 0.287. The van der Waals surface area contributed by atoms with Gasteiger partial charge in [-0.2, -0.15) is 0 Å². The molecule has 3 unspecified atom stereocenters. The van der Waals surface area contributed by atoms with Crippen molar-refractivity contribution in [1.29, 1.82) is 0 Å². The van der Waals surface area contributed by atoms with Crippen LogP contribution in [0.5, 0.6) is 0 Å². The molecule has 1 rings (SSSR count). The molecule has 0 amide bonds. The number of nitrogens with one attached hydrogen (secondary N) is 2. The topological polar surface area (TPSA) is 27.3 Å². The van der Waals surface area contributed by atoms with E-state index in [-0.39, 0.29) is 0 Å². The molecule has 0 radical (unpaired) electrons. The molecule has 3 heteroatoms. The van der Waals surface area contributed by atoms with E-state index >= 15 is 0 Å². The van der Waals surface area contributed by atoms with Gasteiger partial charge >= 0.3 is 0 Å². The van der Waals surface area contributed by atoms with E-state index in [0.29, 0.717) is 12.1 Å². The Morgan fingerprint density at radius 2 is 2.00 bits per heavy atom. The van der Waals surface area contributed by atoms with Gasteiger partial charge in [0, 0.05) is 24.7 Å². The zero-order valence-electron chi connectivity index (χ0n) is 12.1. The molecule has 3 atom stereocenters. The third-order valence-corrected chi connectivity index (χ3v) is 3.94. The van der Waals surface area contributed by atoms with Gasteiger partial charge in [-0.1, -0.05) is 12.8 Å². The second-order valence-electron chi connectivity index (χ2n) is 5.86. The van der Waals surface area contributed by atoms with Crippen molar-refractivity contribution in [3.63, 3.8) is 0 Å². The van der Waals surface area contributed by atoms with Crippen LogP contribution in [0.4, 0.5) is 0 Å². The standard InChI is InChI=1S/C14H31N3/c1-12(16-11-13(2)17(3)4)10-14-8-6-5-7-9-15-14/h12-16H,5-11H2,1-4H3. The first-order chi connectivity index (χ1) is 8.09. The Hall–Kier alpha value is -0.120. The van der Waals surface area contributed by atoms with E-state index in [9.17, 15) is 0 Å². The van der Waals surface area contributed by atoms with Gasteiger partial charge in [0.25, 0.3) is 0 Å². The van der Waals surface area contributed by atoms with Crippen molar-refractivity contribution >= 4 is 0 Å². The molecule has 1 saturated heterocycles. The van der Waals surface area contributed by atoms with Crippen LogP contribution in [-0.4, -0.2) is 50.2 Å². The minimum atomic E-state index is 0.611. The fourth-order valence-corrected chi connectivity index (χ4v) is 2.37. The maximum absolute atomic E-state index is 3.67. The van der Waals surface area contributed by atoms with Gasteiger partial charge in [0.15, 0.2) is 0 Å². The Bertz CT molecular complexity index is 186. The summed E-state index contributed by atoms with van der Waals surface area (Å²) in [5.41, 5.74) is 0. The molecular formula is C14H31N3. The van der Waals surface area contributed by atoms with Crippen LogP contribution in [-0.2, 0) is 0 Å². The molecule has 3 nitrogen and oxygen atoms in total. The average Bonchev–Trinajstić information content (AvgIpc) is 2.54. The highest BCUT2D eigenvalue weighted by atomic mass is 15.1. The molecule has 102 valence electrons. The molecule has 0 saturated carbocycles. The highest BCUT2D eigenvalue weighted by Gasteiger charge is 2.15. The van der Waals surface area contributed by atoms with Gasteiger partial charge in [0.1, 0.15) is 0 Å². The summed E-state index contributed by atoms with van der Waals surface area (Å²) in [6.07, 6.45) is 6.78. The maximum atomic E-state index is 3.67. The van der Waals surface area contributed by atoms with Crippen molar-refractivity contribution in [1.82, 2.24) is 15.5 Å². The van der Waals surface area contributed by atoms with Crippen LogP contribution in [0.2, 0.25) is 0 Å². The summed E-state index contributed by atoms with van der Waals surface area (Å²) in [6.45, 7) is 6.88. The van der Waals surface area contributed by atoms with Crippen molar-refractivity contribution in [3.8, 4) is 0 Å². The smallest absolute Gasteiger partial charge is 0.0186 e. The predicted molar refractivity (Wildman–Crippen MR) is 75.5 cm³/mol. The molecule has 1 aliphatic heterocycles. The Labute approximate surface area is 107 Å². The zero-order chi connectivity index (χ0) is 12.7. The normalized spacial score (nSPS) is 25.6. The van der Waals surface area contributed by atoms with Crippen LogP contribution in [0.1, 0.15) is 46.0 Å². The molecule has 2 N–H and O–H groups in total. The summed E-state index contributed by atoms with van der Waals surface area (Å²) >= 11 is 0. The minimum absolute atomic E-state index is 0.611. The summed E-state index contributed by atoms with van der Waals surface area (Å²) < 4.78 is 0. The van der Waals surface area contributed by atoms with Crippen LogP contribution in [0.25, 0.3) is 0 Å². The van der Waals surface area contributed by atoms with E-state index in [1.165, 1.54) is 38.6 Å². The quantitative estimate of drug-likeness (QED) is 0.743. The van der Waals surface area contributed by atoms with E-state index in [4.69, 9.17) is 0 Å². The Morgan fingerprint density at radius 1 is 1.24 bits per heavy atom. The number of rotatable bonds is 6. The van der Waals surface area contributed by atoms with Crippen LogP contribution in [0.3, 0.4) is 0 Å². The van der Waals surface area contributed by atoms with E-state index in [1.807, 2.05) is 0 Å². The fourth-order valence-electron chi connectivity index (χ4n) is 2.37. The lowest BCUT2D eigenvalue weighted by Gasteiger charge is -2.25. The molecule has 0 spiro atoms. The number of likely N-dealkylation sites (N-methyl/N-ethyl adjacent to an activating group) is 1. The third-order valence-electron chi connectivity index (χ3n) is 3.94.